The smallest absolute Gasteiger partial charge is 0.264 e. The summed E-state index contributed by atoms with van der Waals surface area (Å²) < 4.78 is 47.2. The normalized spacial score (nSPS) is 11.9. The van der Waals surface area contributed by atoms with Crippen molar-refractivity contribution in [2.75, 3.05) is 24.5 Å². The van der Waals surface area contributed by atoms with Crippen LogP contribution in [0.1, 0.15) is 32.3 Å². The maximum Gasteiger partial charge on any atom is 0.264 e. The molecule has 0 aliphatic carbocycles. The number of nitrogens with zero attached hydrogens (tertiary/aromatic N) is 2. The van der Waals surface area contributed by atoms with Gasteiger partial charge in [0.1, 0.15) is 24.2 Å². The van der Waals surface area contributed by atoms with Gasteiger partial charge in [-0.15, -0.1) is 0 Å². The number of hydrogen-bond donors (Lipinski definition) is 1. The maximum atomic E-state index is 13.9. The van der Waals surface area contributed by atoms with Crippen LogP contribution in [0.5, 0.6) is 5.75 Å². The van der Waals surface area contributed by atoms with Crippen LogP contribution < -0.4 is 14.4 Å². The molecule has 0 radical (unpaired) electrons. The van der Waals surface area contributed by atoms with Gasteiger partial charge < -0.3 is 15.0 Å². The summed E-state index contributed by atoms with van der Waals surface area (Å²) in [6, 6.07) is 18.8. The Kier molecular flexibility index (Phi) is 10.4. The lowest BCUT2D eigenvalue weighted by Crippen LogP contribution is -2.52. The van der Waals surface area contributed by atoms with E-state index in [0.717, 1.165) is 28.4 Å². The first kappa shape index (κ1) is 29.6. The number of anilines is 1. The van der Waals surface area contributed by atoms with Gasteiger partial charge in [-0.2, -0.15) is 0 Å². The van der Waals surface area contributed by atoms with Gasteiger partial charge in [0.15, 0.2) is 0 Å². The first-order valence-corrected chi connectivity index (χ1v) is 14.2. The van der Waals surface area contributed by atoms with Crippen molar-refractivity contribution in [1.82, 2.24) is 10.2 Å². The van der Waals surface area contributed by atoms with E-state index in [9.17, 15) is 22.4 Å². The molecule has 0 saturated heterocycles. The lowest BCUT2D eigenvalue weighted by Gasteiger charge is -2.33. The molecule has 0 bridgehead atoms. The van der Waals surface area contributed by atoms with Gasteiger partial charge in [-0.3, -0.25) is 13.9 Å². The molecule has 3 aromatic carbocycles. The summed E-state index contributed by atoms with van der Waals surface area (Å²) in [4.78, 5) is 28.4. The maximum absolute atomic E-state index is 13.9. The minimum absolute atomic E-state index is 0.0171. The molecule has 39 heavy (non-hydrogen) atoms. The number of carbonyl (C=O) groups is 2. The molecular weight excluding hydrogens is 521 g/mol. The number of ether oxygens (including phenoxy) is 1. The topological polar surface area (TPSA) is 96.0 Å². The molecule has 1 N–H and O–H groups in total. The van der Waals surface area contributed by atoms with Crippen molar-refractivity contribution in [3.05, 3.63) is 90.2 Å². The Balaban J connectivity index is 2.02. The molecular formula is C29H34FN3O5S. The molecule has 0 spiro atoms. The fourth-order valence-corrected chi connectivity index (χ4v) is 5.50. The number of amides is 2. The second kappa shape index (κ2) is 13.7. The fourth-order valence-electron chi connectivity index (χ4n) is 4.07. The third-order valence-corrected chi connectivity index (χ3v) is 7.96. The highest BCUT2D eigenvalue weighted by molar-refractivity contribution is 7.92. The van der Waals surface area contributed by atoms with E-state index in [0.29, 0.717) is 18.7 Å². The minimum Gasteiger partial charge on any atom is -0.497 e. The van der Waals surface area contributed by atoms with Crippen LogP contribution in [0, 0.1) is 5.82 Å². The van der Waals surface area contributed by atoms with E-state index in [1.165, 1.54) is 29.2 Å². The van der Waals surface area contributed by atoms with Crippen LogP contribution in [-0.2, 0) is 26.2 Å². The van der Waals surface area contributed by atoms with Crippen LogP contribution in [-0.4, -0.2) is 51.4 Å². The molecule has 0 aliphatic heterocycles. The summed E-state index contributed by atoms with van der Waals surface area (Å²) in [5.41, 5.74) is 0.867. The van der Waals surface area contributed by atoms with Gasteiger partial charge in [-0.25, -0.2) is 12.8 Å². The molecule has 2 amide bonds. The number of carbonyl (C=O) groups excluding carboxylic acids is 2. The van der Waals surface area contributed by atoms with Crippen LogP contribution in [0.15, 0.2) is 83.8 Å². The monoisotopic (exact) mass is 555 g/mol. The average molecular weight is 556 g/mol. The predicted octanol–water partition coefficient (Wildman–Crippen LogP) is 4.36. The van der Waals surface area contributed by atoms with Crippen LogP contribution in [0.2, 0.25) is 0 Å². The molecule has 0 fully saturated rings. The number of halogens is 1. The first-order chi connectivity index (χ1) is 18.7. The Morgan fingerprint density at radius 3 is 2.15 bits per heavy atom. The Labute approximate surface area is 229 Å². The van der Waals surface area contributed by atoms with Gasteiger partial charge in [-0.1, -0.05) is 44.2 Å². The van der Waals surface area contributed by atoms with Gasteiger partial charge >= 0.3 is 0 Å². The van der Waals surface area contributed by atoms with Gasteiger partial charge in [0.25, 0.3) is 10.0 Å². The molecule has 0 unspecified atom stereocenters. The molecule has 0 heterocycles. The summed E-state index contributed by atoms with van der Waals surface area (Å²) in [5, 5.41) is 2.84. The van der Waals surface area contributed by atoms with Crippen molar-refractivity contribution in [2.45, 2.75) is 44.2 Å². The number of nitrogens with one attached hydrogen (secondary N) is 1. The SMILES string of the molecule is CCCNC(=O)[C@H](CC)N(Cc1ccc(OC)cc1)C(=O)CN(c1ccc(F)cc1)S(=O)(=O)c1ccccc1. The highest BCUT2D eigenvalue weighted by atomic mass is 32.2. The number of rotatable bonds is 13. The van der Waals surface area contributed by atoms with Crippen molar-refractivity contribution >= 4 is 27.5 Å². The van der Waals surface area contributed by atoms with E-state index in [-0.39, 0.29) is 23.0 Å². The average Bonchev–Trinajstić information content (AvgIpc) is 2.95. The molecule has 208 valence electrons. The minimum atomic E-state index is -4.20. The number of hydrogen-bond acceptors (Lipinski definition) is 5. The number of sulfonamides is 1. The largest absolute Gasteiger partial charge is 0.497 e. The van der Waals surface area contributed by atoms with E-state index in [1.54, 1.807) is 56.5 Å². The molecule has 0 aliphatic rings. The molecule has 10 heteroatoms. The summed E-state index contributed by atoms with van der Waals surface area (Å²) in [5.74, 6) is -0.795. The highest BCUT2D eigenvalue weighted by Crippen LogP contribution is 2.25. The molecule has 0 aromatic heterocycles. The number of benzene rings is 3. The number of methoxy groups -OCH3 is 1. The van der Waals surface area contributed by atoms with Gasteiger partial charge in [0, 0.05) is 13.1 Å². The second-order valence-electron chi connectivity index (χ2n) is 8.89. The van der Waals surface area contributed by atoms with Gasteiger partial charge in [0.2, 0.25) is 11.8 Å². The predicted molar refractivity (Wildman–Crippen MR) is 148 cm³/mol. The highest BCUT2D eigenvalue weighted by Gasteiger charge is 2.33. The Bertz CT molecular complexity index is 1330. The Hall–Kier alpha value is -3.92. The van der Waals surface area contributed by atoms with Crippen molar-refractivity contribution in [1.29, 1.82) is 0 Å². The van der Waals surface area contributed by atoms with E-state index in [1.807, 2.05) is 6.92 Å². The lowest BCUT2D eigenvalue weighted by molar-refractivity contribution is -0.140. The molecule has 3 aromatic rings. The van der Waals surface area contributed by atoms with E-state index in [2.05, 4.69) is 5.32 Å². The van der Waals surface area contributed by atoms with Crippen molar-refractivity contribution in [3.63, 3.8) is 0 Å². The molecule has 1 atom stereocenters. The summed E-state index contributed by atoms with van der Waals surface area (Å²) in [6.07, 6.45) is 1.04. The van der Waals surface area contributed by atoms with Crippen molar-refractivity contribution < 1.29 is 27.1 Å². The van der Waals surface area contributed by atoms with Gasteiger partial charge in [0.05, 0.1) is 17.7 Å². The van der Waals surface area contributed by atoms with Crippen LogP contribution in [0.25, 0.3) is 0 Å². The lowest BCUT2D eigenvalue weighted by atomic mass is 10.1. The molecule has 0 saturated carbocycles. The van der Waals surface area contributed by atoms with E-state index < -0.39 is 34.3 Å². The second-order valence-corrected chi connectivity index (χ2v) is 10.7. The van der Waals surface area contributed by atoms with E-state index in [4.69, 9.17) is 4.74 Å². The third kappa shape index (κ3) is 7.57. The Morgan fingerprint density at radius 2 is 1.59 bits per heavy atom. The zero-order chi connectivity index (χ0) is 28.4. The van der Waals surface area contributed by atoms with Crippen LogP contribution in [0.4, 0.5) is 10.1 Å². The third-order valence-electron chi connectivity index (χ3n) is 6.17. The zero-order valence-corrected chi connectivity index (χ0v) is 23.2. The standard InChI is InChI=1S/C29H34FN3O5S/c1-4-19-31-29(35)27(5-2)32(20-22-11-17-25(38-3)18-12-22)28(34)21-33(24-15-13-23(30)14-16-24)39(36,37)26-9-7-6-8-10-26/h6-18,27H,4-5,19-21H2,1-3H3,(H,31,35)/t27-/m0/s1. The van der Waals surface area contributed by atoms with Crippen molar-refractivity contribution in [2.24, 2.45) is 0 Å². The quantitative estimate of drug-likeness (QED) is 0.338. The van der Waals surface area contributed by atoms with E-state index >= 15 is 0 Å². The summed E-state index contributed by atoms with van der Waals surface area (Å²) >= 11 is 0. The van der Waals surface area contributed by atoms with Gasteiger partial charge in [-0.05, 0) is 66.9 Å². The Morgan fingerprint density at radius 1 is 0.949 bits per heavy atom. The van der Waals surface area contributed by atoms with Crippen molar-refractivity contribution in [3.8, 4) is 5.75 Å². The summed E-state index contributed by atoms with van der Waals surface area (Å²) in [7, 11) is -2.65. The molecule has 3 rings (SSSR count). The zero-order valence-electron chi connectivity index (χ0n) is 22.3. The van der Waals surface area contributed by atoms with Crippen LogP contribution in [0.3, 0.4) is 0 Å². The van der Waals surface area contributed by atoms with Crippen LogP contribution >= 0.6 is 0 Å². The molecule has 8 nitrogen and oxygen atoms in total. The fraction of sp³-hybridized carbons (Fsp3) is 0.310. The summed E-state index contributed by atoms with van der Waals surface area (Å²) in [6.45, 7) is 3.66. The first-order valence-electron chi connectivity index (χ1n) is 12.7.